The molecule has 0 aromatic heterocycles. The van der Waals surface area contributed by atoms with Crippen LogP contribution in [0.4, 0.5) is 0 Å². The summed E-state index contributed by atoms with van der Waals surface area (Å²) in [6.45, 7) is 0. The molecule has 1 aromatic carbocycles. The maximum Gasteiger partial charge on any atom is 0.309 e. The number of thiol groups is 1. The number of carbonyl (C=O) groups is 1. The number of hydrogen-bond acceptors (Lipinski definition) is 3. The summed E-state index contributed by atoms with van der Waals surface area (Å²) in [5, 5.41) is 0. The number of ether oxygens (including phenoxy) is 1. The Labute approximate surface area is 89.0 Å². The van der Waals surface area contributed by atoms with Crippen molar-refractivity contribution in [1.82, 2.24) is 0 Å². The van der Waals surface area contributed by atoms with E-state index in [1.165, 1.54) is 7.11 Å². The minimum atomic E-state index is -0.238. The Kier molecular flexibility index (Phi) is 4.26. The summed E-state index contributed by atoms with van der Waals surface area (Å²) in [5.74, 6) is -0.238. The van der Waals surface area contributed by atoms with E-state index in [9.17, 15) is 4.79 Å². The SMILES string of the molecule is COC(=O)CC=Cc1ccccc1S. The zero-order valence-electron chi connectivity index (χ0n) is 7.93. The van der Waals surface area contributed by atoms with Crippen LogP contribution in [0.3, 0.4) is 0 Å². The van der Waals surface area contributed by atoms with Gasteiger partial charge in [-0.3, -0.25) is 4.79 Å². The van der Waals surface area contributed by atoms with Crippen LogP contribution in [0.5, 0.6) is 0 Å². The molecule has 0 aliphatic carbocycles. The molecule has 0 radical (unpaired) electrons. The summed E-state index contributed by atoms with van der Waals surface area (Å²) >= 11 is 4.28. The molecule has 0 aliphatic heterocycles. The fraction of sp³-hybridized carbons (Fsp3) is 0.182. The third-order valence-corrected chi connectivity index (χ3v) is 2.15. The highest BCUT2D eigenvalue weighted by atomic mass is 32.1. The first-order valence-corrected chi connectivity index (χ1v) is 4.70. The molecule has 0 saturated heterocycles. The van der Waals surface area contributed by atoms with Crippen LogP contribution in [0.2, 0.25) is 0 Å². The summed E-state index contributed by atoms with van der Waals surface area (Å²) in [6, 6.07) is 7.69. The van der Waals surface area contributed by atoms with Crippen molar-refractivity contribution in [2.24, 2.45) is 0 Å². The average Bonchev–Trinajstić information content (AvgIpc) is 2.20. The van der Waals surface area contributed by atoms with Crippen molar-refractivity contribution in [3.05, 3.63) is 35.9 Å². The first-order valence-electron chi connectivity index (χ1n) is 4.25. The second-order valence-corrected chi connectivity index (χ2v) is 3.22. The third-order valence-electron chi connectivity index (χ3n) is 1.75. The third kappa shape index (κ3) is 3.26. The van der Waals surface area contributed by atoms with Gasteiger partial charge in [0.25, 0.3) is 0 Å². The molecular weight excluding hydrogens is 196 g/mol. The maximum atomic E-state index is 10.8. The highest BCUT2D eigenvalue weighted by molar-refractivity contribution is 7.80. The Morgan fingerprint density at radius 1 is 1.50 bits per heavy atom. The number of benzene rings is 1. The topological polar surface area (TPSA) is 26.3 Å². The van der Waals surface area contributed by atoms with E-state index in [0.717, 1.165) is 10.5 Å². The lowest BCUT2D eigenvalue weighted by atomic mass is 10.2. The van der Waals surface area contributed by atoms with Gasteiger partial charge in [0.2, 0.25) is 0 Å². The highest BCUT2D eigenvalue weighted by Crippen LogP contribution is 2.14. The second-order valence-electron chi connectivity index (χ2n) is 2.74. The Hall–Kier alpha value is -1.22. The van der Waals surface area contributed by atoms with E-state index in [0.29, 0.717) is 6.42 Å². The van der Waals surface area contributed by atoms with Crippen molar-refractivity contribution < 1.29 is 9.53 Å². The lowest BCUT2D eigenvalue weighted by Crippen LogP contribution is -1.96. The van der Waals surface area contributed by atoms with E-state index in [2.05, 4.69) is 17.4 Å². The van der Waals surface area contributed by atoms with Crippen molar-refractivity contribution in [2.45, 2.75) is 11.3 Å². The Morgan fingerprint density at radius 2 is 2.21 bits per heavy atom. The number of rotatable bonds is 3. The molecule has 1 rings (SSSR count). The molecule has 0 aliphatic rings. The van der Waals surface area contributed by atoms with Crippen LogP contribution in [0.25, 0.3) is 6.08 Å². The van der Waals surface area contributed by atoms with Gasteiger partial charge in [-0.2, -0.15) is 0 Å². The fourth-order valence-corrected chi connectivity index (χ4v) is 1.23. The lowest BCUT2D eigenvalue weighted by molar-refractivity contribution is -0.139. The van der Waals surface area contributed by atoms with E-state index in [-0.39, 0.29) is 5.97 Å². The summed E-state index contributed by atoms with van der Waals surface area (Å²) in [5.41, 5.74) is 1.000. The van der Waals surface area contributed by atoms with Gasteiger partial charge in [-0.1, -0.05) is 30.4 Å². The van der Waals surface area contributed by atoms with Crippen molar-refractivity contribution in [2.75, 3.05) is 7.11 Å². The van der Waals surface area contributed by atoms with Gasteiger partial charge in [-0.15, -0.1) is 12.6 Å². The molecule has 0 fully saturated rings. The van der Waals surface area contributed by atoms with Crippen LogP contribution >= 0.6 is 12.6 Å². The van der Waals surface area contributed by atoms with Crippen LogP contribution in [0, 0.1) is 0 Å². The molecule has 0 amide bonds. The van der Waals surface area contributed by atoms with Crippen molar-refractivity contribution >= 4 is 24.7 Å². The molecule has 74 valence electrons. The Bertz CT molecular complexity index is 345. The summed E-state index contributed by atoms with van der Waals surface area (Å²) in [6.07, 6.45) is 3.92. The monoisotopic (exact) mass is 208 g/mol. The smallest absolute Gasteiger partial charge is 0.309 e. The first-order chi connectivity index (χ1) is 6.74. The van der Waals surface area contributed by atoms with Gasteiger partial charge in [0.05, 0.1) is 13.5 Å². The molecule has 0 heterocycles. The predicted molar refractivity (Wildman–Crippen MR) is 59.4 cm³/mol. The van der Waals surface area contributed by atoms with Crippen LogP contribution in [0.15, 0.2) is 35.2 Å². The molecule has 14 heavy (non-hydrogen) atoms. The molecule has 0 saturated carbocycles. The van der Waals surface area contributed by atoms with Gasteiger partial charge in [0.15, 0.2) is 0 Å². The van der Waals surface area contributed by atoms with E-state index in [4.69, 9.17) is 0 Å². The minimum absolute atomic E-state index is 0.238. The number of hydrogen-bond donors (Lipinski definition) is 1. The summed E-state index contributed by atoms with van der Waals surface area (Å²) in [4.78, 5) is 11.7. The first kappa shape index (κ1) is 10.9. The quantitative estimate of drug-likeness (QED) is 0.610. The molecule has 0 bridgehead atoms. The average molecular weight is 208 g/mol. The molecule has 2 nitrogen and oxygen atoms in total. The van der Waals surface area contributed by atoms with Gasteiger partial charge in [0, 0.05) is 4.90 Å². The van der Waals surface area contributed by atoms with Gasteiger partial charge in [-0.25, -0.2) is 0 Å². The van der Waals surface area contributed by atoms with Gasteiger partial charge < -0.3 is 4.74 Å². The minimum Gasteiger partial charge on any atom is -0.469 e. The van der Waals surface area contributed by atoms with Crippen LogP contribution in [-0.4, -0.2) is 13.1 Å². The van der Waals surface area contributed by atoms with E-state index >= 15 is 0 Å². The summed E-state index contributed by atoms with van der Waals surface area (Å²) in [7, 11) is 1.38. The van der Waals surface area contributed by atoms with Gasteiger partial charge in [-0.05, 0) is 11.6 Å². The van der Waals surface area contributed by atoms with E-state index in [1.54, 1.807) is 6.08 Å². The lowest BCUT2D eigenvalue weighted by Gasteiger charge is -1.97. The fourth-order valence-electron chi connectivity index (χ4n) is 0.994. The van der Waals surface area contributed by atoms with Gasteiger partial charge >= 0.3 is 5.97 Å². The van der Waals surface area contributed by atoms with Crippen molar-refractivity contribution in [1.29, 1.82) is 0 Å². The zero-order chi connectivity index (χ0) is 10.4. The maximum absolute atomic E-state index is 10.8. The molecule has 0 spiro atoms. The van der Waals surface area contributed by atoms with Crippen molar-refractivity contribution in [3.63, 3.8) is 0 Å². The highest BCUT2D eigenvalue weighted by Gasteiger charge is 1.95. The predicted octanol–water partition coefficient (Wildman–Crippen LogP) is 2.55. The molecule has 0 atom stereocenters. The van der Waals surface area contributed by atoms with Crippen LogP contribution in [0.1, 0.15) is 12.0 Å². The number of esters is 1. The van der Waals surface area contributed by atoms with Crippen molar-refractivity contribution in [3.8, 4) is 0 Å². The van der Waals surface area contributed by atoms with Crippen LogP contribution in [-0.2, 0) is 9.53 Å². The Morgan fingerprint density at radius 3 is 2.86 bits per heavy atom. The number of carbonyl (C=O) groups excluding carboxylic acids is 1. The van der Waals surface area contributed by atoms with Gasteiger partial charge in [0.1, 0.15) is 0 Å². The number of methoxy groups -OCH3 is 1. The standard InChI is InChI=1S/C11H12O2S/c1-13-11(12)8-4-6-9-5-2-3-7-10(9)14/h2-7,14H,8H2,1H3. The van der Waals surface area contributed by atoms with Crippen LogP contribution < -0.4 is 0 Å². The van der Waals surface area contributed by atoms with E-state index in [1.807, 2.05) is 30.3 Å². The molecule has 1 aromatic rings. The van der Waals surface area contributed by atoms with E-state index < -0.39 is 0 Å². The second kappa shape index (κ2) is 5.50. The molecule has 0 N–H and O–H groups in total. The molecule has 3 heteroatoms. The largest absolute Gasteiger partial charge is 0.469 e. The normalized spacial score (nSPS) is 10.4. The molecular formula is C11H12O2S. The zero-order valence-corrected chi connectivity index (χ0v) is 8.83. The molecule has 0 unspecified atom stereocenters. The summed E-state index contributed by atoms with van der Waals surface area (Å²) < 4.78 is 4.51. The Balaban J connectivity index is 2.60.